The first-order valence-corrected chi connectivity index (χ1v) is 11.4. The first-order valence-electron chi connectivity index (χ1n) is 9.94. The molecule has 2 N–H and O–H groups in total. The van der Waals surface area contributed by atoms with Gasteiger partial charge in [0.05, 0.1) is 34.6 Å². The Morgan fingerprint density at radius 2 is 1.90 bits per heavy atom. The van der Waals surface area contributed by atoms with Gasteiger partial charge >= 0.3 is 5.97 Å². The van der Waals surface area contributed by atoms with Crippen LogP contribution in [0, 0.1) is 0 Å². The number of rotatable bonds is 5. The number of nitrogens with one attached hydrogen (secondary N) is 2. The number of hydrogen-bond donors (Lipinski definition) is 2. The van der Waals surface area contributed by atoms with Gasteiger partial charge in [-0.15, -0.1) is 0 Å². The van der Waals surface area contributed by atoms with E-state index in [1.165, 1.54) is 31.4 Å². The van der Waals surface area contributed by atoms with Gasteiger partial charge in [-0.3, -0.25) is 9.52 Å². The zero-order chi connectivity index (χ0) is 22.0. The maximum Gasteiger partial charge on any atom is 0.337 e. The number of piperidine rings is 1. The molecule has 1 fully saturated rings. The fourth-order valence-corrected chi connectivity index (χ4v) is 4.80. The third-order valence-corrected chi connectivity index (χ3v) is 6.62. The van der Waals surface area contributed by atoms with Crippen molar-refractivity contribution >= 4 is 39.0 Å². The molecule has 0 aliphatic carbocycles. The molecule has 0 unspecified atom stereocenters. The van der Waals surface area contributed by atoms with Crippen LogP contribution in [0.2, 0.25) is 0 Å². The molecule has 0 spiro atoms. The summed E-state index contributed by atoms with van der Waals surface area (Å²) in [5.41, 5.74) is 1.53. The molecule has 0 atom stereocenters. The van der Waals surface area contributed by atoms with Crippen molar-refractivity contribution in [1.82, 2.24) is 0 Å². The Balaban J connectivity index is 1.70. The van der Waals surface area contributed by atoms with Crippen molar-refractivity contribution < 1.29 is 27.5 Å². The number of methoxy groups -OCH3 is 1. The molecular weight excluding hydrogens is 422 g/mol. The number of hydrogen-bond acceptors (Lipinski definition) is 7. The Bertz CT molecular complexity index is 1130. The Morgan fingerprint density at radius 1 is 1.13 bits per heavy atom. The topological polar surface area (TPSA) is 114 Å². The third-order valence-electron chi connectivity index (χ3n) is 5.25. The Hall–Kier alpha value is -3.27. The predicted molar refractivity (Wildman–Crippen MR) is 115 cm³/mol. The molecule has 0 radical (unpaired) electrons. The Morgan fingerprint density at radius 3 is 2.65 bits per heavy atom. The smallest absolute Gasteiger partial charge is 0.337 e. The molecule has 0 aromatic heterocycles. The average Bonchev–Trinajstić information content (AvgIpc) is 2.78. The first kappa shape index (κ1) is 21.0. The Kier molecular flexibility index (Phi) is 5.73. The van der Waals surface area contributed by atoms with Crippen molar-refractivity contribution in [3.05, 3.63) is 42.0 Å². The van der Waals surface area contributed by atoms with Crippen LogP contribution >= 0.6 is 0 Å². The summed E-state index contributed by atoms with van der Waals surface area (Å²) in [6.45, 7) is 1.49. The van der Waals surface area contributed by atoms with Crippen molar-refractivity contribution in [3.8, 4) is 5.75 Å². The van der Waals surface area contributed by atoms with Gasteiger partial charge in [-0.2, -0.15) is 0 Å². The van der Waals surface area contributed by atoms with E-state index < -0.39 is 16.0 Å². The van der Waals surface area contributed by atoms with Crippen molar-refractivity contribution in [2.45, 2.75) is 24.2 Å². The number of carbonyl (C=O) groups is 2. The standard InChI is InChI=1S/C21H23N3O6S/c1-29-21(26)14-5-7-18(24-9-3-2-4-10-24)16(11-14)23-31(27,28)15-6-8-19-17(12-15)22-20(25)13-30-19/h5-8,11-12,23H,2-4,9-10,13H2,1H3,(H,22,25). The Labute approximate surface area is 180 Å². The van der Waals surface area contributed by atoms with Crippen molar-refractivity contribution in [1.29, 1.82) is 0 Å². The van der Waals surface area contributed by atoms with Gasteiger partial charge in [0, 0.05) is 13.1 Å². The molecule has 9 nitrogen and oxygen atoms in total. The number of amides is 1. The molecule has 1 amide bonds. The molecule has 2 aromatic rings. The predicted octanol–water partition coefficient (Wildman–Crippen LogP) is 2.60. The van der Waals surface area contributed by atoms with Crippen LogP contribution in [0.3, 0.4) is 0 Å². The SMILES string of the molecule is COC(=O)c1ccc(N2CCCCC2)c(NS(=O)(=O)c2ccc3c(c2)NC(=O)CO3)c1. The minimum absolute atomic E-state index is 0.0369. The number of sulfonamides is 1. The lowest BCUT2D eigenvalue weighted by atomic mass is 10.1. The van der Waals surface area contributed by atoms with Gasteiger partial charge in [0.1, 0.15) is 5.75 Å². The van der Waals surface area contributed by atoms with Crippen LogP contribution in [0.15, 0.2) is 41.3 Å². The van der Waals surface area contributed by atoms with Crippen LogP contribution in [0.4, 0.5) is 17.1 Å². The molecule has 1 saturated heterocycles. The molecule has 2 heterocycles. The normalized spacial score (nSPS) is 16.0. The van der Waals surface area contributed by atoms with E-state index in [-0.39, 0.29) is 23.0 Å². The summed E-state index contributed by atoms with van der Waals surface area (Å²) in [4.78, 5) is 25.7. The van der Waals surface area contributed by atoms with Gasteiger partial charge in [0.2, 0.25) is 0 Å². The van der Waals surface area contributed by atoms with Crippen LogP contribution in [0.5, 0.6) is 5.75 Å². The van der Waals surface area contributed by atoms with Crippen molar-refractivity contribution in [3.63, 3.8) is 0 Å². The molecule has 164 valence electrons. The first-order chi connectivity index (χ1) is 14.9. The fraction of sp³-hybridized carbons (Fsp3) is 0.333. The van der Waals surface area contributed by atoms with E-state index in [4.69, 9.17) is 9.47 Å². The summed E-state index contributed by atoms with van der Waals surface area (Å²) in [6, 6.07) is 9.09. The molecule has 2 aromatic carbocycles. The maximum atomic E-state index is 13.2. The summed E-state index contributed by atoms with van der Waals surface area (Å²) in [5, 5.41) is 2.61. The monoisotopic (exact) mass is 445 g/mol. The third kappa shape index (κ3) is 4.43. The molecule has 4 rings (SSSR count). The van der Waals surface area contributed by atoms with E-state index >= 15 is 0 Å². The second kappa shape index (κ2) is 8.46. The van der Waals surface area contributed by atoms with Crippen molar-refractivity contribution in [2.75, 3.05) is 41.7 Å². The lowest BCUT2D eigenvalue weighted by molar-refractivity contribution is -0.118. The average molecular weight is 445 g/mol. The molecule has 2 aliphatic rings. The van der Waals surface area contributed by atoms with Gasteiger partial charge in [0.15, 0.2) is 6.61 Å². The van der Waals surface area contributed by atoms with E-state index in [1.807, 2.05) is 0 Å². The number of ether oxygens (including phenoxy) is 2. The van der Waals surface area contributed by atoms with Crippen LogP contribution < -0.4 is 19.7 Å². The van der Waals surface area contributed by atoms with Crippen LogP contribution in [0.25, 0.3) is 0 Å². The zero-order valence-electron chi connectivity index (χ0n) is 17.0. The van der Waals surface area contributed by atoms with Gasteiger partial charge in [-0.05, 0) is 55.7 Å². The minimum atomic E-state index is -4.01. The fourth-order valence-electron chi connectivity index (χ4n) is 3.71. The largest absolute Gasteiger partial charge is 0.482 e. The lowest BCUT2D eigenvalue weighted by Gasteiger charge is -2.31. The van der Waals surface area contributed by atoms with Crippen molar-refractivity contribution in [2.24, 2.45) is 0 Å². The second-order valence-electron chi connectivity index (χ2n) is 7.37. The van der Waals surface area contributed by atoms with E-state index in [2.05, 4.69) is 14.9 Å². The number of esters is 1. The summed E-state index contributed by atoms with van der Waals surface area (Å²) in [5.74, 6) is -0.507. The highest BCUT2D eigenvalue weighted by Gasteiger charge is 2.24. The maximum absolute atomic E-state index is 13.2. The van der Waals surface area contributed by atoms with Gasteiger partial charge in [-0.25, -0.2) is 13.2 Å². The quantitative estimate of drug-likeness (QED) is 0.680. The van der Waals surface area contributed by atoms with E-state index in [0.29, 0.717) is 22.8 Å². The molecule has 2 aliphatic heterocycles. The number of nitrogens with zero attached hydrogens (tertiary/aromatic N) is 1. The molecule has 0 bridgehead atoms. The highest BCUT2D eigenvalue weighted by Crippen LogP contribution is 2.34. The van der Waals surface area contributed by atoms with Gasteiger partial charge < -0.3 is 19.7 Å². The number of carbonyl (C=O) groups excluding carboxylic acids is 2. The molecule has 31 heavy (non-hydrogen) atoms. The van der Waals surface area contributed by atoms with Gasteiger partial charge in [0.25, 0.3) is 15.9 Å². The zero-order valence-corrected chi connectivity index (χ0v) is 17.8. The van der Waals surface area contributed by atoms with Crippen LogP contribution in [-0.2, 0) is 19.6 Å². The highest BCUT2D eigenvalue weighted by molar-refractivity contribution is 7.92. The second-order valence-corrected chi connectivity index (χ2v) is 9.05. The summed E-state index contributed by atoms with van der Waals surface area (Å²) >= 11 is 0. The van der Waals surface area contributed by atoms with Gasteiger partial charge in [-0.1, -0.05) is 0 Å². The number of benzene rings is 2. The molecule has 0 saturated carbocycles. The highest BCUT2D eigenvalue weighted by atomic mass is 32.2. The molecule has 10 heteroatoms. The number of anilines is 3. The van der Waals surface area contributed by atoms with E-state index in [1.54, 1.807) is 12.1 Å². The van der Waals surface area contributed by atoms with E-state index in [9.17, 15) is 18.0 Å². The van der Waals surface area contributed by atoms with Crippen LogP contribution in [0.1, 0.15) is 29.6 Å². The lowest BCUT2D eigenvalue weighted by Crippen LogP contribution is -2.30. The van der Waals surface area contributed by atoms with E-state index in [0.717, 1.165) is 32.4 Å². The van der Waals surface area contributed by atoms with Crippen LogP contribution in [-0.4, -0.2) is 47.1 Å². The minimum Gasteiger partial charge on any atom is -0.482 e. The molecular formula is C21H23N3O6S. The summed E-state index contributed by atoms with van der Waals surface area (Å²) in [7, 11) is -2.74. The number of fused-ring (bicyclic) bond motifs is 1. The summed E-state index contributed by atoms with van der Waals surface area (Å²) in [6.07, 6.45) is 3.14. The summed E-state index contributed by atoms with van der Waals surface area (Å²) < 4.78 is 39.0.